The van der Waals surface area contributed by atoms with E-state index in [1.807, 2.05) is 13.0 Å². The van der Waals surface area contributed by atoms with Crippen LogP contribution in [0.15, 0.2) is 6.07 Å². The summed E-state index contributed by atoms with van der Waals surface area (Å²) in [5, 5.41) is 9.79. The van der Waals surface area contributed by atoms with Gasteiger partial charge < -0.3 is 5.11 Å². The van der Waals surface area contributed by atoms with E-state index < -0.39 is 0 Å². The van der Waals surface area contributed by atoms with Crippen LogP contribution in [0.1, 0.15) is 41.5 Å². The van der Waals surface area contributed by atoms with Crippen LogP contribution in [0.4, 0.5) is 0 Å². The van der Waals surface area contributed by atoms with Crippen molar-refractivity contribution in [2.45, 2.75) is 39.2 Å². The monoisotopic (exact) mass is 177 g/mol. The Labute approximate surface area is 78.6 Å². The van der Waals surface area contributed by atoms with E-state index in [-0.39, 0.29) is 6.10 Å². The molecule has 1 aromatic rings. The maximum atomic E-state index is 9.79. The number of hydrogen-bond donors (Lipinski definition) is 1. The lowest BCUT2D eigenvalue weighted by molar-refractivity contribution is 0.154. The number of pyridine rings is 1. The van der Waals surface area contributed by atoms with Crippen molar-refractivity contribution in [3.8, 4) is 0 Å². The molecule has 2 heteroatoms. The summed E-state index contributed by atoms with van der Waals surface area (Å²) in [5.41, 5.74) is 4.44. The Kier molecular flexibility index (Phi) is 2.08. The molecule has 0 radical (unpaired) electrons. The molecule has 13 heavy (non-hydrogen) atoms. The first-order valence-corrected chi connectivity index (χ1v) is 4.83. The second kappa shape index (κ2) is 3.11. The van der Waals surface area contributed by atoms with Crippen LogP contribution in [0.5, 0.6) is 0 Å². The summed E-state index contributed by atoms with van der Waals surface area (Å²) in [6.45, 7) is 4.07. The molecule has 0 saturated carbocycles. The van der Waals surface area contributed by atoms with Crippen LogP contribution in [0.25, 0.3) is 0 Å². The maximum Gasteiger partial charge on any atom is 0.0810 e. The molecule has 2 rings (SSSR count). The van der Waals surface area contributed by atoms with E-state index in [0.29, 0.717) is 0 Å². The highest BCUT2D eigenvalue weighted by Crippen LogP contribution is 2.30. The number of aromatic nitrogens is 1. The van der Waals surface area contributed by atoms with Gasteiger partial charge in [0.15, 0.2) is 0 Å². The van der Waals surface area contributed by atoms with Crippen LogP contribution in [0, 0.1) is 13.8 Å². The fourth-order valence-corrected chi connectivity index (χ4v) is 2.18. The quantitative estimate of drug-likeness (QED) is 0.658. The first-order chi connectivity index (χ1) is 6.18. The van der Waals surface area contributed by atoms with Gasteiger partial charge in [0, 0.05) is 17.0 Å². The summed E-state index contributed by atoms with van der Waals surface area (Å²) in [4.78, 5) is 4.46. The Morgan fingerprint density at radius 3 is 3.00 bits per heavy atom. The third kappa shape index (κ3) is 1.46. The highest BCUT2D eigenvalue weighted by atomic mass is 16.3. The van der Waals surface area contributed by atoms with Gasteiger partial charge >= 0.3 is 0 Å². The number of nitrogens with zero attached hydrogens (tertiary/aromatic N) is 1. The smallest absolute Gasteiger partial charge is 0.0810 e. The minimum atomic E-state index is -0.281. The Bertz CT molecular complexity index is 333. The van der Waals surface area contributed by atoms with Gasteiger partial charge in [0.2, 0.25) is 0 Å². The minimum absolute atomic E-state index is 0.281. The van der Waals surface area contributed by atoms with E-state index in [0.717, 1.165) is 36.2 Å². The lowest BCUT2D eigenvalue weighted by atomic mass is 9.90. The van der Waals surface area contributed by atoms with E-state index in [1.54, 1.807) is 0 Å². The van der Waals surface area contributed by atoms with Gasteiger partial charge in [-0.15, -0.1) is 0 Å². The normalized spacial score (nSPS) is 21.3. The average Bonchev–Trinajstić information content (AvgIpc) is 2.02. The van der Waals surface area contributed by atoms with Gasteiger partial charge in [0.25, 0.3) is 0 Å². The summed E-state index contributed by atoms with van der Waals surface area (Å²) in [7, 11) is 0. The highest BCUT2D eigenvalue weighted by Gasteiger charge is 2.20. The summed E-state index contributed by atoms with van der Waals surface area (Å²) >= 11 is 0. The van der Waals surface area contributed by atoms with Crippen molar-refractivity contribution < 1.29 is 5.11 Å². The molecule has 0 fully saturated rings. The molecule has 2 nitrogen and oxygen atoms in total. The van der Waals surface area contributed by atoms with Crippen LogP contribution in [0.3, 0.4) is 0 Å². The lowest BCUT2D eigenvalue weighted by Gasteiger charge is -2.22. The fraction of sp³-hybridized carbons (Fsp3) is 0.545. The third-order valence-corrected chi connectivity index (χ3v) is 2.70. The number of hydrogen-bond acceptors (Lipinski definition) is 2. The molecule has 1 atom stereocenters. The highest BCUT2D eigenvalue weighted by molar-refractivity contribution is 5.35. The summed E-state index contributed by atoms with van der Waals surface area (Å²) in [6.07, 6.45) is 2.69. The van der Waals surface area contributed by atoms with Crippen molar-refractivity contribution in [2.75, 3.05) is 0 Å². The molecule has 1 aliphatic carbocycles. The van der Waals surface area contributed by atoms with Crippen molar-refractivity contribution in [3.63, 3.8) is 0 Å². The summed E-state index contributed by atoms with van der Waals surface area (Å²) < 4.78 is 0. The molecule has 1 unspecified atom stereocenters. The van der Waals surface area contributed by atoms with Crippen molar-refractivity contribution in [1.29, 1.82) is 0 Å². The zero-order valence-electron chi connectivity index (χ0n) is 8.17. The largest absolute Gasteiger partial charge is 0.388 e. The van der Waals surface area contributed by atoms with E-state index in [4.69, 9.17) is 0 Å². The molecule has 1 aliphatic rings. The van der Waals surface area contributed by atoms with Crippen molar-refractivity contribution >= 4 is 0 Å². The van der Waals surface area contributed by atoms with E-state index in [2.05, 4.69) is 11.9 Å². The van der Waals surface area contributed by atoms with Crippen LogP contribution in [-0.4, -0.2) is 10.1 Å². The van der Waals surface area contributed by atoms with Crippen LogP contribution in [0.2, 0.25) is 0 Å². The third-order valence-electron chi connectivity index (χ3n) is 2.70. The van der Waals surface area contributed by atoms with E-state index >= 15 is 0 Å². The van der Waals surface area contributed by atoms with Crippen LogP contribution in [-0.2, 0) is 6.42 Å². The molecule has 0 saturated heterocycles. The predicted molar refractivity (Wildman–Crippen MR) is 51.6 cm³/mol. The minimum Gasteiger partial charge on any atom is -0.388 e. The Hall–Kier alpha value is -0.890. The Balaban J connectivity index is 2.56. The summed E-state index contributed by atoms with van der Waals surface area (Å²) in [5.74, 6) is 0. The van der Waals surface area contributed by atoms with Gasteiger partial charge in [-0.05, 0) is 44.7 Å². The number of aliphatic hydroxyl groups excluding tert-OH is 1. The predicted octanol–water partition coefficient (Wildman–Crippen LogP) is 2.07. The second-order valence-corrected chi connectivity index (χ2v) is 3.85. The molecule has 0 aromatic carbocycles. The first kappa shape index (κ1) is 8.70. The molecule has 0 aliphatic heterocycles. The summed E-state index contributed by atoms with van der Waals surface area (Å²) in [6, 6.07) is 2.05. The van der Waals surface area contributed by atoms with Gasteiger partial charge in [-0.2, -0.15) is 0 Å². The van der Waals surface area contributed by atoms with E-state index in [9.17, 15) is 5.11 Å². The topological polar surface area (TPSA) is 33.1 Å². The Morgan fingerprint density at radius 1 is 1.46 bits per heavy atom. The molecule has 1 aromatic heterocycles. The molecule has 0 bridgehead atoms. The van der Waals surface area contributed by atoms with Gasteiger partial charge in [-0.3, -0.25) is 4.98 Å². The van der Waals surface area contributed by atoms with Crippen molar-refractivity contribution in [1.82, 2.24) is 4.98 Å². The van der Waals surface area contributed by atoms with E-state index in [1.165, 1.54) is 5.56 Å². The van der Waals surface area contributed by atoms with Gasteiger partial charge in [-0.25, -0.2) is 0 Å². The molecule has 70 valence electrons. The number of aryl methyl sites for hydroxylation is 3. The average molecular weight is 177 g/mol. The molecular weight excluding hydrogens is 162 g/mol. The van der Waals surface area contributed by atoms with Crippen LogP contribution < -0.4 is 0 Å². The van der Waals surface area contributed by atoms with Gasteiger partial charge in [-0.1, -0.05) is 0 Å². The molecule has 1 N–H and O–H groups in total. The second-order valence-electron chi connectivity index (χ2n) is 3.85. The van der Waals surface area contributed by atoms with Gasteiger partial charge in [0.05, 0.1) is 6.10 Å². The number of aliphatic hydroxyl groups is 1. The van der Waals surface area contributed by atoms with Gasteiger partial charge in [0.1, 0.15) is 0 Å². The zero-order chi connectivity index (χ0) is 9.42. The molecule has 0 spiro atoms. The molecule has 0 amide bonds. The standard InChI is InChI=1S/C11H15NO/c1-7-6-8(2)12-9-4-3-5-10(13)11(7)9/h6,10,13H,3-5H2,1-2H3. The maximum absolute atomic E-state index is 9.79. The SMILES string of the molecule is Cc1cc(C)c2c(n1)CCCC2O. The lowest BCUT2D eigenvalue weighted by Crippen LogP contribution is -2.13. The van der Waals surface area contributed by atoms with Crippen molar-refractivity contribution in [3.05, 3.63) is 28.6 Å². The van der Waals surface area contributed by atoms with Crippen molar-refractivity contribution in [2.24, 2.45) is 0 Å². The number of rotatable bonds is 0. The Morgan fingerprint density at radius 2 is 2.23 bits per heavy atom. The molecular formula is C11H15NO. The first-order valence-electron chi connectivity index (χ1n) is 4.83. The molecule has 1 heterocycles. The number of fused-ring (bicyclic) bond motifs is 1. The fourth-order valence-electron chi connectivity index (χ4n) is 2.18. The van der Waals surface area contributed by atoms with Crippen LogP contribution >= 0.6 is 0 Å². The zero-order valence-corrected chi connectivity index (χ0v) is 8.17.